The average molecular weight is 469 g/mol. The third kappa shape index (κ3) is 26.3. The highest BCUT2D eigenvalue weighted by atomic mass is 16.3. The molecular formula is C31H48O3. The molecule has 0 aromatic carbocycles. The van der Waals surface area contributed by atoms with Crippen LogP contribution >= 0.6 is 0 Å². The van der Waals surface area contributed by atoms with E-state index in [1.165, 1.54) is 89.9 Å². The molecule has 3 N–H and O–H groups in total. The van der Waals surface area contributed by atoms with Crippen molar-refractivity contribution in [3.05, 3.63) is 24.3 Å². The van der Waals surface area contributed by atoms with Crippen LogP contribution in [0.15, 0.2) is 24.3 Å². The number of rotatable bonds is 21. The number of aliphatic hydroxyl groups excluding tert-OH is 3. The molecule has 0 saturated carbocycles. The molecule has 0 amide bonds. The fraction of sp³-hybridized carbons (Fsp3) is 0.677. The molecule has 0 fully saturated rings. The van der Waals surface area contributed by atoms with Crippen molar-refractivity contribution in [1.82, 2.24) is 0 Å². The van der Waals surface area contributed by atoms with Gasteiger partial charge in [-0.1, -0.05) is 100 Å². The zero-order valence-corrected chi connectivity index (χ0v) is 21.3. The van der Waals surface area contributed by atoms with Crippen LogP contribution in [0.4, 0.5) is 0 Å². The van der Waals surface area contributed by atoms with E-state index in [1.807, 2.05) is 6.08 Å². The quantitative estimate of drug-likeness (QED) is 0.103. The Balaban J connectivity index is 3.28. The molecule has 3 nitrogen and oxygen atoms in total. The van der Waals surface area contributed by atoms with Crippen LogP contribution in [0.2, 0.25) is 0 Å². The summed E-state index contributed by atoms with van der Waals surface area (Å²) in [4.78, 5) is 0. The Hall–Kier alpha value is -1.96. The van der Waals surface area contributed by atoms with Crippen molar-refractivity contribution in [2.45, 2.75) is 128 Å². The Bertz CT molecular complexity index is 663. The van der Waals surface area contributed by atoms with Crippen molar-refractivity contribution >= 4 is 0 Å². The van der Waals surface area contributed by atoms with E-state index in [1.54, 1.807) is 6.08 Å². The summed E-state index contributed by atoms with van der Waals surface area (Å²) in [5.74, 6) is 12.5. The number of unbranched alkanes of at least 4 members (excludes halogenated alkanes) is 15. The van der Waals surface area contributed by atoms with Gasteiger partial charge in [0.25, 0.3) is 0 Å². The first-order chi connectivity index (χ1) is 16.7. The minimum Gasteiger partial charge on any atom is -0.384 e. The van der Waals surface area contributed by atoms with Gasteiger partial charge in [0, 0.05) is 0 Å². The number of allylic oxidation sites excluding steroid dienone is 3. The predicted octanol–water partition coefficient (Wildman–Crippen LogP) is 6.47. The average Bonchev–Trinajstić information content (AvgIpc) is 2.84. The Morgan fingerprint density at radius 1 is 0.618 bits per heavy atom. The first kappa shape index (κ1) is 32.0. The van der Waals surface area contributed by atoms with Crippen LogP contribution in [0.3, 0.4) is 0 Å². The van der Waals surface area contributed by atoms with E-state index in [0.29, 0.717) is 6.42 Å². The number of aliphatic hydroxyl groups is 3. The molecule has 0 bridgehead atoms. The summed E-state index contributed by atoms with van der Waals surface area (Å²) in [5, 5.41) is 27.4. The van der Waals surface area contributed by atoms with Gasteiger partial charge in [0.2, 0.25) is 0 Å². The van der Waals surface area contributed by atoms with Crippen molar-refractivity contribution in [3.8, 4) is 36.0 Å². The van der Waals surface area contributed by atoms with Gasteiger partial charge in [-0.25, -0.2) is 0 Å². The number of hydrogen-bond acceptors (Lipinski definition) is 3. The molecule has 0 aliphatic rings. The summed E-state index contributed by atoms with van der Waals surface area (Å²) in [5.41, 5.74) is 0. The summed E-state index contributed by atoms with van der Waals surface area (Å²) in [6, 6.07) is 0. The van der Waals surface area contributed by atoms with Gasteiger partial charge in [-0.05, 0) is 69.3 Å². The highest BCUT2D eigenvalue weighted by Crippen LogP contribution is 2.12. The molecule has 1 unspecified atom stereocenters. The van der Waals surface area contributed by atoms with Gasteiger partial charge in [-0.2, -0.15) is 0 Å². The summed E-state index contributed by atoms with van der Waals surface area (Å²) in [6.07, 6.45) is 33.9. The first-order valence-electron chi connectivity index (χ1n) is 13.4. The molecule has 3 heteroatoms. The van der Waals surface area contributed by atoms with Crippen molar-refractivity contribution in [2.75, 3.05) is 6.61 Å². The maximum atomic E-state index is 9.70. The highest BCUT2D eigenvalue weighted by Gasteiger charge is 1.98. The Kier molecular flexibility index (Phi) is 25.7. The fourth-order valence-corrected chi connectivity index (χ4v) is 3.68. The van der Waals surface area contributed by atoms with E-state index in [4.69, 9.17) is 11.5 Å². The normalized spacial score (nSPS) is 12.6. The van der Waals surface area contributed by atoms with E-state index in [2.05, 4.69) is 41.8 Å². The molecule has 0 aromatic rings. The molecule has 0 aromatic heterocycles. The van der Waals surface area contributed by atoms with Gasteiger partial charge in [-0.15, -0.1) is 6.42 Å². The second kappa shape index (κ2) is 27.3. The highest BCUT2D eigenvalue weighted by molar-refractivity contribution is 5.27. The van der Waals surface area contributed by atoms with Crippen LogP contribution in [-0.2, 0) is 0 Å². The zero-order chi connectivity index (χ0) is 25.0. The van der Waals surface area contributed by atoms with Crippen LogP contribution in [0, 0.1) is 36.0 Å². The third-order valence-corrected chi connectivity index (χ3v) is 5.71. The second-order valence-corrected chi connectivity index (χ2v) is 8.86. The second-order valence-electron chi connectivity index (χ2n) is 8.86. The fourth-order valence-electron chi connectivity index (χ4n) is 3.68. The van der Waals surface area contributed by atoms with E-state index >= 15 is 0 Å². The van der Waals surface area contributed by atoms with Crippen LogP contribution in [0.5, 0.6) is 0 Å². The molecule has 190 valence electrons. The summed E-state index contributed by atoms with van der Waals surface area (Å²) in [6.45, 7) is -0.189. The Labute approximate surface area is 210 Å². The lowest BCUT2D eigenvalue weighted by molar-refractivity contribution is 0.217. The molecule has 0 radical (unpaired) electrons. The van der Waals surface area contributed by atoms with Crippen molar-refractivity contribution in [1.29, 1.82) is 0 Å². The topological polar surface area (TPSA) is 60.7 Å². The van der Waals surface area contributed by atoms with Crippen molar-refractivity contribution in [2.24, 2.45) is 0 Å². The first-order valence-corrected chi connectivity index (χ1v) is 13.4. The predicted molar refractivity (Wildman–Crippen MR) is 145 cm³/mol. The summed E-state index contributed by atoms with van der Waals surface area (Å²) >= 11 is 0. The lowest BCUT2D eigenvalue weighted by Gasteiger charge is -2.03. The molecule has 2 atom stereocenters. The molecule has 0 rings (SSSR count). The SMILES string of the molecule is C#C[C@H](O)/C=C/CCCCCCCCC/C=C\CCCCCCCCCC(O)C#CC#CCO. The van der Waals surface area contributed by atoms with Crippen LogP contribution in [0.1, 0.15) is 116 Å². The summed E-state index contributed by atoms with van der Waals surface area (Å²) < 4.78 is 0. The van der Waals surface area contributed by atoms with Crippen molar-refractivity contribution in [3.63, 3.8) is 0 Å². The zero-order valence-electron chi connectivity index (χ0n) is 21.3. The van der Waals surface area contributed by atoms with Crippen LogP contribution in [-0.4, -0.2) is 34.1 Å². The minimum atomic E-state index is -0.727. The van der Waals surface area contributed by atoms with Gasteiger partial charge in [0.15, 0.2) is 0 Å². The standard InChI is InChI=1S/C31H48O3/c1-2-30(33)26-22-19-17-15-13-11-9-7-5-3-4-6-8-10-12-14-16-18-20-23-27-31(34)28-24-21-25-29-32/h1,4,6,22,26,30-34H,3,5,7-20,23,27,29H2/b6-4-,26-22+/t30-,31?/m0/s1. The smallest absolute Gasteiger partial charge is 0.133 e. The Morgan fingerprint density at radius 3 is 1.59 bits per heavy atom. The number of terminal acetylenes is 1. The lowest BCUT2D eigenvalue weighted by atomic mass is 10.1. The van der Waals surface area contributed by atoms with Gasteiger partial charge < -0.3 is 15.3 Å². The van der Waals surface area contributed by atoms with Gasteiger partial charge >= 0.3 is 0 Å². The molecule has 34 heavy (non-hydrogen) atoms. The molecule has 0 heterocycles. The van der Waals surface area contributed by atoms with Gasteiger partial charge in [-0.3, -0.25) is 0 Å². The van der Waals surface area contributed by atoms with Crippen LogP contribution in [0.25, 0.3) is 0 Å². The largest absolute Gasteiger partial charge is 0.384 e. The van der Waals surface area contributed by atoms with Gasteiger partial charge in [0.1, 0.15) is 18.8 Å². The van der Waals surface area contributed by atoms with Gasteiger partial charge in [0.05, 0.1) is 0 Å². The molecule has 0 saturated heterocycles. The van der Waals surface area contributed by atoms with E-state index in [9.17, 15) is 10.2 Å². The maximum Gasteiger partial charge on any atom is 0.133 e. The molecule has 0 aliphatic carbocycles. The number of hydrogen-bond donors (Lipinski definition) is 3. The maximum absolute atomic E-state index is 9.70. The minimum absolute atomic E-state index is 0.189. The third-order valence-electron chi connectivity index (χ3n) is 5.71. The Morgan fingerprint density at radius 2 is 1.09 bits per heavy atom. The van der Waals surface area contributed by atoms with E-state index in [-0.39, 0.29) is 6.61 Å². The summed E-state index contributed by atoms with van der Waals surface area (Å²) in [7, 11) is 0. The molecule has 0 spiro atoms. The van der Waals surface area contributed by atoms with Crippen molar-refractivity contribution < 1.29 is 15.3 Å². The molecule has 0 aliphatic heterocycles. The monoisotopic (exact) mass is 468 g/mol. The van der Waals surface area contributed by atoms with E-state index < -0.39 is 12.2 Å². The molecular weight excluding hydrogens is 420 g/mol. The lowest BCUT2D eigenvalue weighted by Crippen LogP contribution is -2.01. The van der Waals surface area contributed by atoms with E-state index in [0.717, 1.165) is 19.3 Å². The van der Waals surface area contributed by atoms with Crippen LogP contribution < -0.4 is 0 Å².